The van der Waals surface area contributed by atoms with E-state index in [0.29, 0.717) is 43.9 Å². The van der Waals surface area contributed by atoms with E-state index in [-0.39, 0.29) is 23.5 Å². The van der Waals surface area contributed by atoms with Crippen LogP contribution in [0.25, 0.3) is 0 Å². The number of nitriles is 1. The monoisotopic (exact) mass is 439 g/mol. The minimum Gasteiger partial charge on any atom is -0.370 e. The smallest absolute Gasteiger partial charge is 0.273 e. The molecule has 2 aromatic rings. The highest BCUT2D eigenvalue weighted by Crippen LogP contribution is 2.38. The predicted octanol–water partition coefficient (Wildman–Crippen LogP) is 3.74. The highest BCUT2D eigenvalue weighted by molar-refractivity contribution is 7.07. The molecule has 2 aliphatic rings. The molecule has 4 rings (SSSR count). The van der Waals surface area contributed by atoms with Crippen LogP contribution in [0, 0.1) is 11.3 Å². The Morgan fingerprint density at radius 1 is 1.35 bits per heavy atom. The Morgan fingerprint density at radius 2 is 2.13 bits per heavy atom. The summed E-state index contributed by atoms with van der Waals surface area (Å²) < 4.78 is 6.05. The second-order valence-corrected chi connectivity index (χ2v) is 10.0. The van der Waals surface area contributed by atoms with E-state index in [2.05, 4.69) is 43.6 Å². The maximum absolute atomic E-state index is 12.8. The number of piperazine rings is 1. The first-order valence-electron chi connectivity index (χ1n) is 10.8. The topological polar surface area (TPSA) is 82.4 Å². The van der Waals surface area contributed by atoms with Gasteiger partial charge in [0.2, 0.25) is 0 Å². The summed E-state index contributed by atoms with van der Waals surface area (Å²) in [6.45, 7) is 12.8. The van der Waals surface area contributed by atoms with Gasteiger partial charge in [0.25, 0.3) is 5.91 Å². The number of ether oxygens (including phenoxy) is 1. The number of amides is 1. The van der Waals surface area contributed by atoms with Crippen LogP contribution in [0.15, 0.2) is 10.9 Å². The first-order chi connectivity index (χ1) is 14.7. The maximum Gasteiger partial charge on any atom is 0.273 e. The van der Waals surface area contributed by atoms with Crippen LogP contribution in [0.5, 0.6) is 0 Å². The Kier molecular flexibility index (Phi) is 5.75. The molecule has 0 bridgehead atoms. The van der Waals surface area contributed by atoms with Gasteiger partial charge in [0.05, 0.1) is 29.0 Å². The van der Waals surface area contributed by atoms with Gasteiger partial charge in [-0.25, -0.2) is 9.97 Å². The van der Waals surface area contributed by atoms with Gasteiger partial charge in [-0.15, -0.1) is 11.3 Å². The van der Waals surface area contributed by atoms with E-state index in [1.54, 1.807) is 10.9 Å². The van der Waals surface area contributed by atoms with Crippen molar-refractivity contribution in [1.82, 2.24) is 14.9 Å². The highest BCUT2D eigenvalue weighted by Gasteiger charge is 2.35. The molecule has 1 fully saturated rings. The molecule has 4 heterocycles. The van der Waals surface area contributed by atoms with E-state index in [1.807, 2.05) is 11.8 Å². The second-order valence-electron chi connectivity index (χ2n) is 9.31. The van der Waals surface area contributed by atoms with E-state index >= 15 is 0 Å². The van der Waals surface area contributed by atoms with Crippen molar-refractivity contribution < 1.29 is 9.53 Å². The van der Waals surface area contributed by atoms with Crippen LogP contribution in [-0.4, -0.2) is 52.1 Å². The molecule has 2 aromatic heterocycles. The van der Waals surface area contributed by atoms with Gasteiger partial charge in [-0.1, -0.05) is 13.8 Å². The number of nitrogens with zero attached hydrogens (tertiary/aromatic N) is 5. The van der Waals surface area contributed by atoms with Gasteiger partial charge in [-0.2, -0.15) is 5.26 Å². The fourth-order valence-corrected chi connectivity index (χ4v) is 5.05. The Balaban J connectivity index is 1.68. The lowest BCUT2D eigenvalue weighted by Gasteiger charge is -2.41. The van der Waals surface area contributed by atoms with Crippen LogP contribution in [0.2, 0.25) is 0 Å². The number of fused-ring (bicyclic) bond motifs is 1. The highest BCUT2D eigenvalue weighted by atomic mass is 32.1. The number of carbonyl (C=O) groups is 1. The molecule has 7 nitrogen and oxygen atoms in total. The lowest BCUT2D eigenvalue weighted by atomic mass is 9.86. The SMILES string of the molecule is CC(C)c1nc(N2CCN(C(=O)c3cscn3)C(C)C2)c(C#N)c2c1COC(C)(C)C2. The van der Waals surface area contributed by atoms with E-state index in [1.165, 1.54) is 11.3 Å². The molecule has 0 radical (unpaired) electrons. The molecule has 0 spiro atoms. The van der Waals surface area contributed by atoms with Gasteiger partial charge in [-0.05, 0) is 32.3 Å². The average molecular weight is 440 g/mol. The predicted molar refractivity (Wildman–Crippen MR) is 120 cm³/mol. The Hall–Kier alpha value is -2.50. The van der Waals surface area contributed by atoms with Crippen LogP contribution in [-0.2, 0) is 17.8 Å². The normalized spacial score (nSPS) is 20.5. The number of pyridine rings is 1. The van der Waals surface area contributed by atoms with E-state index in [0.717, 1.165) is 22.6 Å². The maximum atomic E-state index is 12.8. The number of aromatic nitrogens is 2. The summed E-state index contributed by atoms with van der Waals surface area (Å²) in [6.07, 6.45) is 0.693. The van der Waals surface area contributed by atoms with Crippen LogP contribution < -0.4 is 4.90 Å². The molecule has 1 atom stereocenters. The first kappa shape index (κ1) is 21.7. The number of carbonyl (C=O) groups excluding carboxylic acids is 1. The fraction of sp³-hybridized carbons (Fsp3) is 0.565. The molecule has 1 saturated heterocycles. The van der Waals surface area contributed by atoms with Gasteiger partial charge in [0.15, 0.2) is 0 Å². The van der Waals surface area contributed by atoms with Crippen LogP contribution in [0.1, 0.15) is 73.4 Å². The Bertz CT molecular complexity index is 1030. The summed E-state index contributed by atoms with van der Waals surface area (Å²) in [4.78, 5) is 26.0. The quantitative estimate of drug-likeness (QED) is 0.725. The zero-order valence-corrected chi connectivity index (χ0v) is 19.6. The van der Waals surface area contributed by atoms with Crippen molar-refractivity contribution in [2.24, 2.45) is 0 Å². The molecular weight excluding hydrogens is 410 g/mol. The van der Waals surface area contributed by atoms with Gasteiger partial charge in [-0.3, -0.25) is 4.79 Å². The van der Waals surface area contributed by atoms with Crippen molar-refractivity contribution in [3.05, 3.63) is 39.0 Å². The molecular formula is C23H29N5O2S. The third-order valence-electron chi connectivity index (χ3n) is 6.13. The van der Waals surface area contributed by atoms with Crippen molar-refractivity contribution in [3.8, 4) is 6.07 Å². The summed E-state index contributed by atoms with van der Waals surface area (Å²) >= 11 is 1.43. The molecule has 31 heavy (non-hydrogen) atoms. The van der Waals surface area contributed by atoms with E-state index < -0.39 is 0 Å². The third kappa shape index (κ3) is 4.04. The second kappa shape index (κ2) is 8.21. The van der Waals surface area contributed by atoms with Gasteiger partial charge >= 0.3 is 0 Å². The Labute approximate surface area is 187 Å². The standard InChI is InChI=1S/C23H29N5O2S/c1-14(2)20-18-11-30-23(4,5)8-16(18)17(9-24)21(26-20)27-6-7-28(15(3)10-27)22(29)19-12-31-13-25-19/h12-15H,6-8,10-11H2,1-5H3. The number of hydrogen-bond donors (Lipinski definition) is 0. The van der Waals surface area contributed by atoms with Crippen molar-refractivity contribution in [1.29, 1.82) is 5.26 Å². The van der Waals surface area contributed by atoms with Crippen molar-refractivity contribution in [2.75, 3.05) is 24.5 Å². The number of thiazole rings is 1. The van der Waals surface area contributed by atoms with Crippen molar-refractivity contribution >= 4 is 23.1 Å². The molecule has 0 aliphatic carbocycles. The molecule has 0 N–H and O–H groups in total. The van der Waals surface area contributed by atoms with E-state index in [9.17, 15) is 10.1 Å². The lowest BCUT2D eigenvalue weighted by molar-refractivity contribution is -0.0408. The number of rotatable bonds is 3. The summed E-state index contributed by atoms with van der Waals surface area (Å²) in [7, 11) is 0. The molecule has 1 amide bonds. The molecule has 8 heteroatoms. The summed E-state index contributed by atoms with van der Waals surface area (Å²) in [5.41, 5.74) is 5.68. The van der Waals surface area contributed by atoms with Crippen LogP contribution >= 0.6 is 11.3 Å². The summed E-state index contributed by atoms with van der Waals surface area (Å²) in [5, 5.41) is 11.9. The van der Waals surface area contributed by atoms with Crippen LogP contribution in [0.3, 0.4) is 0 Å². The number of anilines is 1. The largest absolute Gasteiger partial charge is 0.370 e. The lowest BCUT2D eigenvalue weighted by Crippen LogP contribution is -2.54. The van der Waals surface area contributed by atoms with Crippen molar-refractivity contribution in [3.63, 3.8) is 0 Å². The molecule has 164 valence electrons. The van der Waals surface area contributed by atoms with Crippen molar-refractivity contribution in [2.45, 2.75) is 65.2 Å². The summed E-state index contributed by atoms with van der Waals surface area (Å²) in [6, 6.07) is 2.44. The molecule has 0 aromatic carbocycles. The minimum atomic E-state index is -0.308. The first-order valence-corrected chi connectivity index (χ1v) is 11.7. The van der Waals surface area contributed by atoms with E-state index in [4.69, 9.17) is 9.72 Å². The Morgan fingerprint density at radius 3 is 2.74 bits per heavy atom. The number of hydrogen-bond acceptors (Lipinski definition) is 7. The minimum absolute atomic E-state index is 0.00500. The molecule has 0 saturated carbocycles. The molecule has 1 unspecified atom stereocenters. The van der Waals surface area contributed by atoms with Gasteiger partial charge < -0.3 is 14.5 Å². The third-order valence-corrected chi connectivity index (χ3v) is 6.72. The van der Waals surface area contributed by atoms with Gasteiger partial charge in [0.1, 0.15) is 17.6 Å². The van der Waals surface area contributed by atoms with Gasteiger partial charge in [0, 0.05) is 43.0 Å². The average Bonchev–Trinajstić information content (AvgIpc) is 3.26. The zero-order valence-electron chi connectivity index (χ0n) is 18.8. The van der Waals surface area contributed by atoms with Crippen LogP contribution in [0.4, 0.5) is 5.82 Å². The summed E-state index contributed by atoms with van der Waals surface area (Å²) in [5.74, 6) is 0.944. The molecule has 2 aliphatic heterocycles. The zero-order chi connectivity index (χ0) is 22.3. The fourth-order valence-electron chi connectivity index (χ4n) is 4.52.